The van der Waals surface area contributed by atoms with Crippen molar-refractivity contribution >= 4 is 0 Å². The molecule has 0 aromatic heterocycles. The zero-order valence-electron chi connectivity index (χ0n) is 14.1. The minimum absolute atomic E-state index is 0.348. The molecule has 0 spiro atoms. The molecule has 118 valence electrons. The van der Waals surface area contributed by atoms with E-state index in [-0.39, 0.29) is 0 Å². The van der Waals surface area contributed by atoms with Gasteiger partial charge in [-0.1, -0.05) is 25.1 Å². The third-order valence-electron chi connectivity index (χ3n) is 4.96. The zero-order chi connectivity index (χ0) is 15.4. The monoisotopic (exact) mass is 289 g/mol. The highest BCUT2D eigenvalue weighted by Crippen LogP contribution is 2.27. The number of nitrogens with two attached hydrogens (primary N) is 1. The molecule has 3 heteroatoms. The molecule has 0 bridgehead atoms. The van der Waals surface area contributed by atoms with E-state index in [1.54, 1.807) is 0 Å². The number of nitrogens with zero attached hydrogens (tertiary/aromatic N) is 2. The maximum atomic E-state index is 6.17. The Hall–Kier alpha value is -0.900. The molecule has 1 fully saturated rings. The lowest BCUT2D eigenvalue weighted by atomic mass is 9.98. The molecule has 1 aliphatic heterocycles. The van der Waals surface area contributed by atoms with Gasteiger partial charge >= 0.3 is 0 Å². The Morgan fingerprint density at radius 2 is 2.00 bits per heavy atom. The first kappa shape index (κ1) is 16.5. The van der Waals surface area contributed by atoms with Crippen LogP contribution < -0.4 is 5.73 Å². The summed E-state index contributed by atoms with van der Waals surface area (Å²) in [5.74, 6) is 0. The van der Waals surface area contributed by atoms with Gasteiger partial charge in [0.05, 0.1) is 0 Å². The molecule has 2 rings (SSSR count). The first-order chi connectivity index (χ1) is 10.1. The molecule has 0 radical (unpaired) electrons. The molecule has 3 nitrogen and oxygen atoms in total. The second-order valence-electron chi connectivity index (χ2n) is 6.51. The van der Waals surface area contributed by atoms with E-state index in [0.717, 1.165) is 13.1 Å². The van der Waals surface area contributed by atoms with Gasteiger partial charge in [-0.2, -0.15) is 0 Å². The molecule has 1 aromatic carbocycles. The van der Waals surface area contributed by atoms with Gasteiger partial charge in [-0.05, 0) is 57.0 Å². The summed E-state index contributed by atoms with van der Waals surface area (Å²) in [6.45, 7) is 10.9. The van der Waals surface area contributed by atoms with Crippen molar-refractivity contribution in [1.29, 1.82) is 0 Å². The molecular formula is C18H31N3. The van der Waals surface area contributed by atoms with Crippen LogP contribution in [0.15, 0.2) is 18.2 Å². The highest BCUT2D eigenvalue weighted by Gasteiger charge is 2.28. The van der Waals surface area contributed by atoms with Crippen LogP contribution in [0.3, 0.4) is 0 Å². The maximum absolute atomic E-state index is 6.17. The molecule has 2 unspecified atom stereocenters. The minimum Gasteiger partial charge on any atom is -0.329 e. The summed E-state index contributed by atoms with van der Waals surface area (Å²) in [5.41, 5.74) is 10.3. The molecule has 0 aliphatic carbocycles. The molecule has 1 saturated heterocycles. The second-order valence-corrected chi connectivity index (χ2v) is 6.51. The van der Waals surface area contributed by atoms with Crippen molar-refractivity contribution in [3.8, 4) is 0 Å². The summed E-state index contributed by atoms with van der Waals surface area (Å²) >= 11 is 0. The van der Waals surface area contributed by atoms with E-state index < -0.39 is 0 Å². The number of benzene rings is 1. The third-order valence-corrected chi connectivity index (χ3v) is 4.96. The SMILES string of the molecule is CCC1CN(C)CCCN1C(CN)c1ccc(C)c(C)c1. The molecule has 0 saturated carbocycles. The second kappa shape index (κ2) is 7.39. The molecule has 1 aromatic rings. The van der Waals surface area contributed by atoms with Crippen molar-refractivity contribution in [3.05, 3.63) is 34.9 Å². The van der Waals surface area contributed by atoms with E-state index in [1.165, 1.54) is 36.1 Å². The summed E-state index contributed by atoms with van der Waals surface area (Å²) in [6, 6.07) is 7.78. The van der Waals surface area contributed by atoms with E-state index in [0.29, 0.717) is 18.6 Å². The van der Waals surface area contributed by atoms with E-state index in [1.807, 2.05) is 0 Å². The number of aryl methyl sites for hydroxylation is 2. The van der Waals surface area contributed by atoms with Crippen molar-refractivity contribution < 1.29 is 0 Å². The van der Waals surface area contributed by atoms with Crippen molar-refractivity contribution in [2.24, 2.45) is 5.73 Å². The minimum atomic E-state index is 0.348. The first-order valence-corrected chi connectivity index (χ1v) is 8.28. The topological polar surface area (TPSA) is 32.5 Å². The molecule has 21 heavy (non-hydrogen) atoms. The highest BCUT2D eigenvalue weighted by atomic mass is 15.3. The van der Waals surface area contributed by atoms with Gasteiger partial charge in [-0.25, -0.2) is 0 Å². The molecule has 1 aliphatic rings. The van der Waals surface area contributed by atoms with Gasteiger partial charge in [-0.3, -0.25) is 4.90 Å². The summed E-state index contributed by atoms with van der Waals surface area (Å²) in [6.07, 6.45) is 2.42. The predicted molar refractivity (Wildman–Crippen MR) is 90.6 cm³/mol. The number of rotatable bonds is 4. The summed E-state index contributed by atoms with van der Waals surface area (Å²) in [5, 5.41) is 0. The number of likely N-dealkylation sites (N-methyl/N-ethyl adjacent to an activating group) is 1. The molecular weight excluding hydrogens is 258 g/mol. The summed E-state index contributed by atoms with van der Waals surface area (Å²) in [4.78, 5) is 5.11. The van der Waals surface area contributed by atoms with Gasteiger partial charge in [-0.15, -0.1) is 0 Å². The standard InChI is InChI=1S/C18H31N3/c1-5-17-13-20(4)9-6-10-21(17)18(12-19)16-8-7-14(2)15(3)11-16/h7-8,11,17-18H,5-6,9-10,12-13,19H2,1-4H3. The fourth-order valence-electron chi connectivity index (χ4n) is 3.47. The quantitative estimate of drug-likeness (QED) is 0.925. The van der Waals surface area contributed by atoms with Crippen LogP contribution in [0, 0.1) is 13.8 Å². The Morgan fingerprint density at radius 1 is 1.24 bits per heavy atom. The van der Waals surface area contributed by atoms with Gasteiger partial charge < -0.3 is 10.6 Å². The van der Waals surface area contributed by atoms with Crippen LogP contribution in [0.4, 0.5) is 0 Å². The lowest BCUT2D eigenvalue weighted by Crippen LogP contribution is -2.44. The molecule has 1 heterocycles. The highest BCUT2D eigenvalue weighted by molar-refractivity contribution is 5.32. The molecule has 2 atom stereocenters. The number of hydrogen-bond donors (Lipinski definition) is 1. The predicted octanol–water partition coefficient (Wildman–Crippen LogP) is 2.72. The van der Waals surface area contributed by atoms with Crippen LogP contribution in [0.1, 0.15) is 42.5 Å². The van der Waals surface area contributed by atoms with Crippen molar-refractivity contribution in [2.45, 2.75) is 45.7 Å². The fourth-order valence-corrected chi connectivity index (χ4v) is 3.47. The van der Waals surface area contributed by atoms with E-state index >= 15 is 0 Å². The average molecular weight is 289 g/mol. The Labute approximate surface area is 130 Å². The largest absolute Gasteiger partial charge is 0.329 e. The lowest BCUT2D eigenvalue weighted by Gasteiger charge is -2.37. The molecule has 2 N–H and O–H groups in total. The van der Waals surface area contributed by atoms with E-state index in [9.17, 15) is 0 Å². The van der Waals surface area contributed by atoms with Gasteiger partial charge in [0.1, 0.15) is 0 Å². The maximum Gasteiger partial charge on any atom is 0.0474 e. The van der Waals surface area contributed by atoms with Crippen LogP contribution in [0.2, 0.25) is 0 Å². The Kier molecular flexibility index (Phi) is 5.80. The van der Waals surface area contributed by atoms with Crippen molar-refractivity contribution in [1.82, 2.24) is 9.80 Å². The Morgan fingerprint density at radius 3 is 2.62 bits per heavy atom. The zero-order valence-corrected chi connectivity index (χ0v) is 14.1. The third kappa shape index (κ3) is 3.85. The van der Waals surface area contributed by atoms with E-state index in [4.69, 9.17) is 5.73 Å². The van der Waals surface area contributed by atoms with Crippen LogP contribution in [-0.4, -0.2) is 49.1 Å². The average Bonchev–Trinajstić information content (AvgIpc) is 2.65. The first-order valence-electron chi connectivity index (χ1n) is 8.28. The van der Waals surface area contributed by atoms with Gasteiger partial charge in [0, 0.05) is 31.7 Å². The smallest absolute Gasteiger partial charge is 0.0474 e. The van der Waals surface area contributed by atoms with Gasteiger partial charge in [0.25, 0.3) is 0 Å². The Balaban J connectivity index is 2.27. The van der Waals surface area contributed by atoms with Crippen molar-refractivity contribution in [3.63, 3.8) is 0 Å². The normalized spacial score (nSPS) is 23.0. The van der Waals surface area contributed by atoms with Crippen LogP contribution >= 0.6 is 0 Å². The lowest BCUT2D eigenvalue weighted by molar-refractivity contribution is 0.131. The van der Waals surface area contributed by atoms with Gasteiger partial charge in [0.2, 0.25) is 0 Å². The van der Waals surface area contributed by atoms with Crippen LogP contribution in [0.25, 0.3) is 0 Å². The van der Waals surface area contributed by atoms with Crippen LogP contribution in [-0.2, 0) is 0 Å². The van der Waals surface area contributed by atoms with Gasteiger partial charge in [0.15, 0.2) is 0 Å². The summed E-state index contributed by atoms with van der Waals surface area (Å²) < 4.78 is 0. The van der Waals surface area contributed by atoms with Crippen molar-refractivity contribution in [2.75, 3.05) is 33.2 Å². The summed E-state index contributed by atoms with van der Waals surface area (Å²) in [7, 11) is 2.24. The molecule has 0 amide bonds. The fraction of sp³-hybridized carbons (Fsp3) is 0.667. The number of hydrogen-bond acceptors (Lipinski definition) is 3. The van der Waals surface area contributed by atoms with Crippen LogP contribution in [0.5, 0.6) is 0 Å². The van der Waals surface area contributed by atoms with E-state index in [2.05, 4.69) is 55.8 Å². The Bertz CT molecular complexity index is 458.